The molecule has 3 nitrogen and oxygen atoms in total. The van der Waals surface area contributed by atoms with E-state index in [1.807, 2.05) is 38.4 Å². The summed E-state index contributed by atoms with van der Waals surface area (Å²) in [6.45, 7) is 2.19. The number of fused-ring (bicyclic) bond motifs is 1. The molecule has 0 saturated carbocycles. The largest absolute Gasteiger partial charge is 0.377 e. The van der Waals surface area contributed by atoms with Gasteiger partial charge in [-0.15, -0.1) is 0 Å². The molecule has 0 amide bonds. The third kappa shape index (κ3) is 3.44. The highest BCUT2D eigenvalue weighted by atomic mass is 15.1. The molecule has 122 valence electrons. The van der Waals surface area contributed by atoms with Gasteiger partial charge in [-0.1, -0.05) is 37.3 Å². The van der Waals surface area contributed by atoms with Crippen molar-refractivity contribution in [2.45, 2.75) is 26.2 Å². The third-order valence-electron chi connectivity index (χ3n) is 4.02. The van der Waals surface area contributed by atoms with E-state index in [9.17, 15) is 0 Å². The van der Waals surface area contributed by atoms with Crippen molar-refractivity contribution in [3.8, 4) is 23.2 Å². The minimum Gasteiger partial charge on any atom is -0.377 e. The topological polar surface area (TPSA) is 31.9 Å². The molecule has 0 unspecified atom stereocenters. The summed E-state index contributed by atoms with van der Waals surface area (Å²) in [5.74, 6) is 7.52. The van der Waals surface area contributed by atoms with Crippen LogP contribution in [0.1, 0.15) is 31.7 Å². The monoisotopic (exact) mass is 317 g/mol. The summed E-state index contributed by atoms with van der Waals surface area (Å²) in [5, 5.41) is 0. The number of nitrogens with zero attached hydrogens (tertiary/aromatic N) is 2. The second kappa shape index (κ2) is 7.23. The summed E-state index contributed by atoms with van der Waals surface area (Å²) in [4.78, 5) is 10.2. The molecule has 0 bridgehead atoms. The van der Waals surface area contributed by atoms with E-state index in [0.717, 1.165) is 46.5 Å². The fourth-order valence-corrected chi connectivity index (χ4v) is 2.69. The van der Waals surface area contributed by atoms with Crippen LogP contribution in [0.4, 0.5) is 5.69 Å². The molecule has 0 aliphatic heterocycles. The molecule has 3 rings (SSSR count). The first kappa shape index (κ1) is 16.1. The van der Waals surface area contributed by atoms with E-state index in [4.69, 9.17) is 4.98 Å². The Morgan fingerprint density at radius 2 is 1.96 bits per heavy atom. The first-order chi connectivity index (χ1) is 11.7. The van der Waals surface area contributed by atoms with Gasteiger partial charge in [0.15, 0.2) is 0 Å². The van der Waals surface area contributed by atoms with E-state index in [1.54, 1.807) is 0 Å². The molecule has 3 aromatic rings. The van der Waals surface area contributed by atoms with Crippen LogP contribution >= 0.6 is 0 Å². The van der Waals surface area contributed by atoms with Crippen LogP contribution in [-0.2, 0) is 0 Å². The van der Waals surface area contributed by atoms with Crippen LogP contribution in [0.5, 0.6) is 0 Å². The van der Waals surface area contributed by atoms with E-state index < -0.39 is 0 Å². The van der Waals surface area contributed by atoms with Gasteiger partial charge in [-0.05, 0) is 36.8 Å². The highest BCUT2D eigenvalue weighted by Gasteiger charge is 2.09. The lowest BCUT2D eigenvalue weighted by molar-refractivity contribution is 0.828. The van der Waals surface area contributed by atoms with E-state index >= 15 is 0 Å². The fraction of sp³-hybridized carbons (Fsp3) is 0.286. The maximum atomic E-state index is 4.69. The zero-order valence-corrected chi connectivity index (χ0v) is 14.6. The molecule has 0 atom stereocenters. The van der Waals surface area contributed by atoms with Gasteiger partial charge in [0.25, 0.3) is 0 Å². The summed E-state index contributed by atoms with van der Waals surface area (Å²) < 4.78 is 0. The van der Waals surface area contributed by atoms with Crippen LogP contribution in [0.25, 0.3) is 22.4 Å². The minimum absolute atomic E-state index is 0.887. The fourth-order valence-electron chi connectivity index (χ4n) is 2.69. The van der Waals surface area contributed by atoms with Crippen molar-refractivity contribution in [1.82, 2.24) is 9.97 Å². The molecule has 1 heterocycles. The van der Waals surface area contributed by atoms with Crippen molar-refractivity contribution >= 4 is 16.7 Å². The number of benzene rings is 2. The number of hydrogen-bond donors (Lipinski definition) is 1. The number of aromatic nitrogens is 2. The number of imidazole rings is 1. The molecule has 0 saturated heterocycles. The summed E-state index contributed by atoms with van der Waals surface area (Å²) in [6, 6.07) is 14.4. The molecule has 3 heteroatoms. The second-order valence-corrected chi connectivity index (χ2v) is 6.13. The minimum atomic E-state index is 0.887. The van der Waals surface area contributed by atoms with Gasteiger partial charge in [0.2, 0.25) is 0 Å². The molecule has 0 spiro atoms. The lowest BCUT2D eigenvalue weighted by atomic mass is 10.1. The van der Waals surface area contributed by atoms with Crippen molar-refractivity contribution in [2.24, 2.45) is 0 Å². The molecular formula is C21H23N3. The molecular weight excluding hydrogens is 294 g/mol. The number of hydrogen-bond acceptors (Lipinski definition) is 2. The van der Waals surface area contributed by atoms with Gasteiger partial charge in [-0.2, -0.15) is 0 Å². The van der Waals surface area contributed by atoms with Crippen LogP contribution < -0.4 is 4.90 Å². The van der Waals surface area contributed by atoms with Crippen LogP contribution in [0.15, 0.2) is 42.5 Å². The average Bonchev–Trinajstić information content (AvgIpc) is 3.02. The zero-order valence-electron chi connectivity index (χ0n) is 14.6. The second-order valence-electron chi connectivity index (χ2n) is 6.13. The molecule has 2 aromatic carbocycles. The van der Waals surface area contributed by atoms with Gasteiger partial charge in [-0.3, -0.25) is 0 Å². The Morgan fingerprint density at radius 1 is 1.12 bits per heavy atom. The molecule has 24 heavy (non-hydrogen) atoms. The lowest BCUT2D eigenvalue weighted by Crippen LogP contribution is -2.10. The summed E-state index contributed by atoms with van der Waals surface area (Å²) in [5.41, 5.74) is 5.30. The van der Waals surface area contributed by atoms with Gasteiger partial charge < -0.3 is 9.88 Å². The van der Waals surface area contributed by atoms with Crippen LogP contribution in [0.3, 0.4) is 0 Å². The Morgan fingerprint density at radius 3 is 2.71 bits per heavy atom. The van der Waals surface area contributed by atoms with Crippen LogP contribution in [-0.4, -0.2) is 24.1 Å². The number of anilines is 1. The van der Waals surface area contributed by atoms with E-state index in [1.165, 1.54) is 6.42 Å². The standard InChI is InChI=1S/C21H23N3/c1-4-5-6-7-10-16-15-17(13-14-20(16)24(2)3)21-22-18-11-8-9-12-19(18)23-21/h8-9,11-15H,4-6H2,1-3H3,(H,22,23). The smallest absolute Gasteiger partial charge is 0.138 e. The highest BCUT2D eigenvalue weighted by molar-refractivity contribution is 5.80. The maximum absolute atomic E-state index is 4.69. The van der Waals surface area contributed by atoms with Crippen molar-refractivity contribution in [1.29, 1.82) is 0 Å². The summed E-state index contributed by atoms with van der Waals surface area (Å²) in [6.07, 6.45) is 3.26. The molecule has 0 radical (unpaired) electrons. The molecule has 1 N–H and O–H groups in total. The zero-order chi connectivity index (χ0) is 16.9. The number of unbranched alkanes of at least 4 members (excludes halogenated alkanes) is 2. The number of rotatable bonds is 4. The lowest BCUT2D eigenvalue weighted by Gasteiger charge is -2.15. The Kier molecular flexibility index (Phi) is 4.86. The van der Waals surface area contributed by atoms with Gasteiger partial charge in [0.05, 0.1) is 16.7 Å². The van der Waals surface area contributed by atoms with Gasteiger partial charge >= 0.3 is 0 Å². The van der Waals surface area contributed by atoms with E-state index in [2.05, 4.69) is 46.8 Å². The molecule has 0 fully saturated rings. The van der Waals surface area contributed by atoms with Gasteiger partial charge in [0.1, 0.15) is 5.82 Å². The van der Waals surface area contributed by atoms with E-state index in [0.29, 0.717) is 0 Å². The quantitative estimate of drug-likeness (QED) is 0.551. The first-order valence-electron chi connectivity index (χ1n) is 8.44. The predicted molar refractivity (Wildman–Crippen MR) is 102 cm³/mol. The Hall–Kier alpha value is -2.73. The van der Waals surface area contributed by atoms with Crippen molar-refractivity contribution in [2.75, 3.05) is 19.0 Å². The van der Waals surface area contributed by atoms with E-state index in [-0.39, 0.29) is 0 Å². The third-order valence-corrected chi connectivity index (χ3v) is 4.02. The van der Waals surface area contributed by atoms with Crippen molar-refractivity contribution in [3.63, 3.8) is 0 Å². The number of para-hydroxylation sites is 2. The van der Waals surface area contributed by atoms with Crippen LogP contribution in [0.2, 0.25) is 0 Å². The van der Waals surface area contributed by atoms with Crippen molar-refractivity contribution < 1.29 is 0 Å². The summed E-state index contributed by atoms with van der Waals surface area (Å²) in [7, 11) is 4.10. The normalized spacial score (nSPS) is 10.5. The van der Waals surface area contributed by atoms with Gasteiger partial charge in [-0.25, -0.2) is 4.98 Å². The number of nitrogens with one attached hydrogen (secondary N) is 1. The molecule has 1 aromatic heterocycles. The SMILES string of the molecule is CCCCC#Cc1cc(-c2nc3ccccc3[nH]2)ccc1N(C)C. The maximum Gasteiger partial charge on any atom is 0.138 e. The number of aromatic amines is 1. The summed E-state index contributed by atoms with van der Waals surface area (Å²) >= 11 is 0. The van der Waals surface area contributed by atoms with Gasteiger partial charge in [0, 0.05) is 31.6 Å². The Labute approximate surface area is 143 Å². The molecule has 0 aliphatic rings. The molecule has 0 aliphatic carbocycles. The predicted octanol–water partition coefficient (Wildman–Crippen LogP) is 4.84. The highest BCUT2D eigenvalue weighted by Crippen LogP contribution is 2.26. The average molecular weight is 317 g/mol. The van der Waals surface area contributed by atoms with Crippen LogP contribution in [0, 0.1) is 11.8 Å². The first-order valence-corrected chi connectivity index (χ1v) is 8.44. The Balaban J connectivity index is 2.00. The number of H-pyrrole nitrogens is 1. The van der Waals surface area contributed by atoms with Crippen molar-refractivity contribution in [3.05, 3.63) is 48.0 Å². The Bertz CT molecular complexity index is 861.